The van der Waals surface area contributed by atoms with Crippen molar-refractivity contribution < 1.29 is 43.1 Å². The van der Waals surface area contributed by atoms with E-state index in [0.29, 0.717) is 5.56 Å². The quantitative estimate of drug-likeness (QED) is 0.620. The van der Waals surface area contributed by atoms with Crippen molar-refractivity contribution in [2.45, 2.75) is 24.5 Å². The Kier molecular flexibility index (Phi) is 3.89. The van der Waals surface area contributed by atoms with E-state index in [0.717, 1.165) is 0 Å². The predicted octanol–water partition coefficient (Wildman–Crippen LogP) is -1.43. The largest absolute Gasteiger partial charge is 1.00 e. The summed E-state index contributed by atoms with van der Waals surface area (Å²) in [6.45, 7) is 3.47. The minimum Gasteiger partial charge on any atom is -0.512 e. The third kappa shape index (κ3) is 1.96. The van der Waals surface area contributed by atoms with E-state index in [2.05, 4.69) is 4.72 Å². The minimum atomic E-state index is -3.68. The SMILES string of the molecule is CC(C)C1(O)[N-]S(=O)(=O)c2ccccc21.[Na+]. The standard InChI is InChI=1S/C10H12NO3S.Na/c1-7(2)10(12)8-5-3-4-6-9(8)15(13,14)11-10;/h3-7,12H,1-2H3;/q-1;+1. The van der Waals surface area contributed by atoms with Crippen LogP contribution in [-0.4, -0.2) is 13.5 Å². The van der Waals surface area contributed by atoms with Gasteiger partial charge in [0.2, 0.25) is 0 Å². The molecule has 0 amide bonds. The summed E-state index contributed by atoms with van der Waals surface area (Å²) in [4.78, 5) is 0.112. The molecule has 1 aromatic carbocycles. The van der Waals surface area contributed by atoms with Gasteiger partial charge in [-0.1, -0.05) is 32.0 Å². The number of sulfonamides is 1. The fourth-order valence-corrected chi connectivity index (χ4v) is 3.21. The molecule has 6 heteroatoms. The second-order valence-electron chi connectivity index (χ2n) is 3.94. The Balaban J connectivity index is 0.00000128. The van der Waals surface area contributed by atoms with Crippen LogP contribution in [-0.2, 0) is 15.7 Å². The van der Waals surface area contributed by atoms with E-state index >= 15 is 0 Å². The van der Waals surface area contributed by atoms with Crippen molar-refractivity contribution in [2.24, 2.45) is 5.92 Å². The molecule has 0 aliphatic carbocycles. The van der Waals surface area contributed by atoms with Crippen molar-refractivity contribution in [1.82, 2.24) is 0 Å². The van der Waals surface area contributed by atoms with E-state index in [4.69, 9.17) is 0 Å². The van der Waals surface area contributed by atoms with Crippen LogP contribution in [0.4, 0.5) is 0 Å². The van der Waals surface area contributed by atoms with Crippen molar-refractivity contribution >= 4 is 10.0 Å². The maximum absolute atomic E-state index is 11.6. The van der Waals surface area contributed by atoms with Crippen molar-refractivity contribution in [2.75, 3.05) is 0 Å². The van der Waals surface area contributed by atoms with Crippen LogP contribution in [0.2, 0.25) is 0 Å². The molecule has 0 spiro atoms. The summed E-state index contributed by atoms with van der Waals surface area (Å²) in [5.41, 5.74) is -1.23. The number of aliphatic hydroxyl groups is 1. The van der Waals surface area contributed by atoms with E-state index in [-0.39, 0.29) is 40.4 Å². The van der Waals surface area contributed by atoms with Gasteiger partial charge in [0.1, 0.15) is 10.0 Å². The summed E-state index contributed by atoms with van der Waals surface area (Å²) in [5, 5.41) is 10.2. The van der Waals surface area contributed by atoms with Gasteiger partial charge < -0.3 is 9.83 Å². The Morgan fingerprint density at radius 3 is 2.44 bits per heavy atom. The molecular formula is C10H12NNaO3S. The molecule has 0 fully saturated rings. The molecule has 0 bridgehead atoms. The molecule has 1 aliphatic rings. The fraction of sp³-hybridized carbons (Fsp3) is 0.400. The average molecular weight is 249 g/mol. The zero-order valence-electron chi connectivity index (χ0n) is 9.51. The molecule has 1 unspecified atom stereocenters. The van der Waals surface area contributed by atoms with E-state index in [1.807, 2.05) is 0 Å². The summed E-state index contributed by atoms with van der Waals surface area (Å²) in [5.74, 6) is -0.282. The number of fused-ring (bicyclic) bond motifs is 1. The second kappa shape index (κ2) is 4.40. The first-order valence-corrected chi connectivity index (χ1v) is 6.13. The first kappa shape index (κ1) is 14.2. The molecule has 1 N–H and O–H groups in total. The number of benzene rings is 1. The first-order chi connectivity index (χ1) is 6.88. The van der Waals surface area contributed by atoms with Crippen molar-refractivity contribution in [3.05, 3.63) is 34.6 Å². The van der Waals surface area contributed by atoms with Crippen molar-refractivity contribution in [3.63, 3.8) is 0 Å². The molecule has 2 rings (SSSR count). The third-order valence-electron chi connectivity index (χ3n) is 2.63. The third-order valence-corrected chi connectivity index (χ3v) is 4.06. The van der Waals surface area contributed by atoms with E-state index in [1.54, 1.807) is 32.0 Å². The summed E-state index contributed by atoms with van der Waals surface area (Å²) < 4.78 is 26.8. The molecule has 0 aromatic heterocycles. The number of nitrogens with zero attached hydrogens (tertiary/aromatic N) is 1. The van der Waals surface area contributed by atoms with Crippen molar-refractivity contribution in [3.8, 4) is 0 Å². The summed E-state index contributed by atoms with van der Waals surface area (Å²) in [7, 11) is -3.68. The molecule has 1 atom stereocenters. The van der Waals surface area contributed by atoms with Gasteiger partial charge in [-0.3, -0.25) is 0 Å². The molecule has 1 heterocycles. The molecule has 1 aliphatic heterocycles. The van der Waals surface area contributed by atoms with Gasteiger partial charge in [-0.05, 0) is 17.5 Å². The van der Waals surface area contributed by atoms with Gasteiger partial charge >= 0.3 is 29.6 Å². The Labute approximate surface area is 117 Å². The molecule has 1 aromatic rings. The Bertz CT molecular complexity index is 501. The maximum atomic E-state index is 11.6. The van der Waals surface area contributed by atoms with Gasteiger partial charge in [0.25, 0.3) is 0 Å². The second-order valence-corrected chi connectivity index (χ2v) is 5.52. The molecule has 0 saturated heterocycles. The fourth-order valence-electron chi connectivity index (χ4n) is 1.69. The van der Waals surface area contributed by atoms with Crippen LogP contribution in [0.1, 0.15) is 19.4 Å². The van der Waals surface area contributed by atoms with Crippen LogP contribution in [0.3, 0.4) is 0 Å². The normalized spacial score (nSPS) is 26.2. The topological polar surface area (TPSA) is 68.5 Å². The van der Waals surface area contributed by atoms with Gasteiger partial charge in [0, 0.05) is 5.72 Å². The smallest absolute Gasteiger partial charge is 0.512 e. The Morgan fingerprint density at radius 1 is 1.31 bits per heavy atom. The number of rotatable bonds is 1. The van der Waals surface area contributed by atoms with Crippen LogP contribution >= 0.6 is 0 Å². The molecule has 16 heavy (non-hydrogen) atoms. The van der Waals surface area contributed by atoms with Gasteiger partial charge in [0.05, 0.1) is 4.90 Å². The van der Waals surface area contributed by atoms with Crippen LogP contribution in [0.15, 0.2) is 29.2 Å². The van der Waals surface area contributed by atoms with Crippen LogP contribution in [0.25, 0.3) is 4.72 Å². The van der Waals surface area contributed by atoms with Crippen LogP contribution in [0, 0.1) is 5.92 Å². The van der Waals surface area contributed by atoms with E-state index in [1.165, 1.54) is 6.07 Å². The number of hydrogen-bond acceptors (Lipinski definition) is 3. The number of hydrogen-bond donors (Lipinski definition) is 1. The molecule has 0 saturated carbocycles. The summed E-state index contributed by atoms with van der Waals surface area (Å²) in [6, 6.07) is 6.39. The average Bonchev–Trinajstić information content (AvgIpc) is 2.37. The molecule has 82 valence electrons. The first-order valence-electron chi connectivity index (χ1n) is 4.69. The van der Waals surface area contributed by atoms with E-state index in [9.17, 15) is 13.5 Å². The van der Waals surface area contributed by atoms with Crippen LogP contribution in [0.5, 0.6) is 0 Å². The minimum absolute atomic E-state index is 0. The van der Waals surface area contributed by atoms with Gasteiger partial charge in [-0.2, -0.15) is 0 Å². The molecule has 0 radical (unpaired) electrons. The Hall–Kier alpha value is 0.0900. The summed E-state index contributed by atoms with van der Waals surface area (Å²) in [6.07, 6.45) is 0. The Morgan fingerprint density at radius 2 is 1.88 bits per heavy atom. The van der Waals surface area contributed by atoms with Gasteiger partial charge in [-0.25, -0.2) is 8.42 Å². The summed E-state index contributed by atoms with van der Waals surface area (Å²) >= 11 is 0. The van der Waals surface area contributed by atoms with Gasteiger partial charge in [0.15, 0.2) is 0 Å². The maximum Gasteiger partial charge on any atom is 1.00 e. The van der Waals surface area contributed by atoms with Gasteiger partial charge in [-0.15, -0.1) is 0 Å². The predicted molar refractivity (Wildman–Crippen MR) is 55.7 cm³/mol. The molecular weight excluding hydrogens is 237 g/mol. The zero-order valence-corrected chi connectivity index (χ0v) is 12.3. The van der Waals surface area contributed by atoms with E-state index < -0.39 is 15.7 Å². The van der Waals surface area contributed by atoms with Crippen molar-refractivity contribution in [1.29, 1.82) is 0 Å². The monoisotopic (exact) mass is 249 g/mol. The molecule has 4 nitrogen and oxygen atoms in total. The van der Waals surface area contributed by atoms with Crippen LogP contribution < -0.4 is 29.6 Å². The zero-order chi connectivity index (χ0) is 11.3.